The summed E-state index contributed by atoms with van der Waals surface area (Å²) in [5.41, 5.74) is 1.13. The first-order valence-corrected chi connectivity index (χ1v) is 10.1. The molecule has 4 nitrogen and oxygen atoms in total. The lowest BCUT2D eigenvalue weighted by molar-refractivity contribution is 0.684. The van der Waals surface area contributed by atoms with Gasteiger partial charge in [0.05, 0.1) is 15.3 Å². The molecule has 7 heteroatoms. The van der Waals surface area contributed by atoms with Crippen LogP contribution in [0.25, 0.3) is 0 Å². The van der Waals surface area contributed by atoms with E-state index in [4.69, 9.17) is 11.6 Å². The summed E-state index contributed by atoms with van der Waals surface area (Å²) < 4.78 is 1.24. The zero-order valence-corrected chi connectivity index (χ0v) is 16.0. The minimum Gasteiger partial charge on any atom is -0.370 e. The summed E-state index contributed by atoms with van der Waals surface area (Å²) in [6.45, 7) is 2.83. The molecule has 0 saturated carbocycles. The first kappa shape index (κ1) is 16.7. The number of anilines is 2. The number of aryl methyl sites for hydroxylation is 1. The third kappa shape index (κ3) is 3.92. The van der Waals surface area contributed by atoms with Crippen molar-refractivity contribution in [1.82, 2.24) is 9.97 Å². The van der Waals surface area contributed by atoms with Gasteiger partial charge in [-0.15, -0.1) is 11.3 Å². The number of nitrogens with one attached hydrogen (secondary N) is 2. The van der Waals surface area contributed by atoms with Gasteiger partial charge in [-0.1, -0.05) is 29.4 Å². The number of rotatable bonds is 4. The fourth-order valence-electron chi connectivity index (χ4n) is 2.79. The Morgan fingerprint density at radius 2 is 2.24 bits per heavy atom. The van der Waals surface area contributed by atoms with Crippen LogP contribution in [0.5, 0.6) is 0 Å². The van der Waals surface area contributed by atoms with Gasteiger partial charge in [0, 0.05) is 28.2 Å². The van der Waals surface area contributed by atoms with Gasteiger partial charge in [-0.25, -0.2) is 9.97 Å². The SMILES string of the molecule is Cc1ncc2c(n1)NCCC2Nc1ccc(Sc2cccc(Cl)c2)s1. The maximum atomic E-state index is 6.06. The minimum absolute atomic E-state index is 0.236. The summed E-state index contributed by atoms with van der Waals surface area (Å²) in [5.74, 6) is 1.74. The van der Waals surface area contributed by atoms with Crippen LogP contribution in [-0.2, 0) is 0 Å². The second-order valence-corrected chi connectivity index (χ2v) is 8.71. The Bertz CT molecular complexity index is 896. The minimum atomic E-state index is 0.236. The quantitative estimate of drug-likeness (QED) is 0.607. The van der Waals surface area contributed by atoms with Gasteiger partial charge >= 0.3 is 0 Å². The van der Waals surface area contributed by atoms with E-state index in [1.54, 1.807) is 23.1 Å². The van der Waals surface area contributed by atoms with Crippen molar-refractivity contribution in [2.24, 2.45) is 0 Å². The molecule has 2 aromatic heterocycles. The molecule has 0 aliphatic carbocycles. The van der Waals surface area contributed by atoms with E-state index in [-0.39, 0.29) is 6.04 Å². The van der Waals surface area contributed by atoms with Crippen LogP contribution in [0.4, 0.5) is 10.8 Å². The standard InChI is InChI=1S/C18H17ClN4S2/c1-11-21-10-14-15(7-8-20-18(14)22-11)23-16-5-6-17(25-16)24-13-4-2-3-12(19)9-13/h2-6,9-10,15,23H,7-8H2,1H3,(H,20,21,22). The molecule has 3 heterocycles. The predicted octanol–water partition coefficient (Wildman–Crippen LogP) is 5.62. The van der Waals surface area contributed by atoms with E-state index in [9.17, 15) is 0 Å². The summed E-state index contributed by atoms with van der Waals surface area (Å²) in [6.07, 6.45) is 2.94. The van der Waals surface area contributed by atoms with Crippen molar-refractivity contribution in [3.05, 3.63) is 59.0 Å². The molecule has 0 bridgehead atoms. The lowest BCUT2D eigenvalue weighted by Crippen LogP contribution is -2.23. The number of nitrogens with zero attached hydrogens (tertiary/aromatic N) is 2. The van der Waals surface area contributed by atoms with E-state index in [0.717, 1.165) is 45.1 Å². The molecule has 0 fully saturated rings. The van der Waals surface area contributed by atoms with Crippen LogP contribution >= 0.6 is 34.7 Å². The van der Waals surface area contributed by atoms with Gasteiger partial charge in [0.25, 0.3) is 0 Å². The smallest absolute Gasteiger partial charge is 0.134 e. The lowest BCUT2D eigenvalue weighted by Gasteiger charge is -2.26. The number of aromatic nitrogens is 2. The first-order valence-electron chi connectivity index (χ1n) is 8.04. The Balaban J connectivity index is 1.49. The number of thiophene rings is 1. The lowest BCUT2D eigenvalue weighted by atomic mass is 10.0. The molecule has 128 valence electrons. The molecule has 1 aliphatic heterocycles. The fraction of sp³-hybridized carbons (Fsp3) is 0.222. The predicted molar refractivity (Wildman–Crippen MR) is 106 cm³/mol. The highest BCUT2D eigenvalue weighted by atomic mass is 35.5. The van der Waals surface area contributed by atoms with Gasteiger partial charge in [-0.05, 0) is 43.7 Å². The third-order valence-electron chi connectivity index (χ3n) is 3.95. The first-order chi connectivity index (χ1) is 12.2. The molecule has 1 atom stereocenters. The maximum Gasteiger partial charge on any atom is 0.134 e. The van der Waals surface area contributed by atoms with Crippen molar-refractivity contribution in [3.63, 3.8) is 0 Å². The van der Waals surface area contributed by atoms with Crippen molar-refractivity contribution in [1.29, 1.82) is 0 Å². The molecule has 2 N–H and O–H groups in total. The number of halogens is 1. The van der Waals surface area contributed by atoms with Gasteiger partial charge in [-0.3, -0.25) is 0 Å². The molecular weight excluding hydrogens is 372 g/mol. The van der Waals surface area contributed by atoms with Gasteiger partial charge < -0.3 is 10.6 Å². The number of benzene rings is 1. The van der Waals surface area contributed by atoms with Crippen LogP contribution in [0.2, 0.25) is 5.02 Å². The Morgan fingerprint density at radius 1 is 1.32 bits per heavy atom. The zero-order valence-electron chi connectivity index (χ0n) is 13.6. The van der Waals surface area contributed by atoms with Gasteiger partial charge in [0.2, 0.25) is 0 Å². The van der Waals surface area contributed by atoms with E-state index in [1.165, 1.54) is 4.21 Å². The maximum absolute atomic E-state index is 6.06. The molecule has 0 saturated heterocycles. The van der Waals surface area contributed by atoms with E-state index in [2.05, 4.69) is 38.8 Å². The van der Waals surface area contributed by atoms with Crippen LogP contribution in [0.3, 0.4) is 0 Å². The molecule has 1 aromatic carbocycles. The summed E-state index contributed by atoms with van der Waals surface area (Å²) in [4.78, 5) is 10.00. The molecule has 4 rings (SSSR count). The normalized spacial score (nSPS) is 16.2. The fourth-order valence-corrected chi connectivity index (χ4v) is 5.16. The van der Waals surface area contributed by atoms with E-state index in [1.807, 2.05) is 31.3 Å². The highest BCUT2D eigenvalue weighted by molar-refractivity contribution is 8.01. The largest absolute Gasteiger partial charge is 0.370 e. The summed E-state index contributed by atoms with van der Waals surface area (Å²) in [7, 11) is 0. The number of fused-ring (bicyclic) bond motifs is 1. The highest BCUT2D eigenvalue weighted by Crippen LogP contribution is 2.39. The Labute approximate surface area is 160 Å². The van der Waals surface area contributed by atoms with Crippen LogP contribution in [0.1, 0.15) is 23.9 Å². The van der Waals surface area contributed by atoms with Gasteiger partial charge in [0.1, 0.15) is 11.6 Å². The van der Waals surface area contributed by atoms with Crippen LogP contribution < -0.4 is 10.6 Å². The van der Waals surface area contributed by atoms with Gasteiger partial charge in [0.15, 0.2) is 0 Å². The molecule has 0 spiro atoms. The summed E-state index contributed by atoms with van der Waals surface area (Å²) >= 11 is 9.55. The summed E-state index contributed by atoms with van der Waals surface area (Å²) in [5, 5.41) is 8.91. The Morgan fingerprint density at radius 3 is 3.12 bits per heavy atom. The summed E-state index contributed by atoms with van der Waals surface area (Å²) in [6, 6.07) is 12.4. The molecule has 25 heavy (non-hydrogen) atoms. The average molecular weight is 389 g/mol. The molecule has 3 aromatic rings. The number of hydrogen-bond acceptors (Lipinski definition) is 6. The van der Waals surface area contributed by atoms with Crippen molar-refractivity contribution >= 4 is 45.5 Å². The second kappa shape index (κ2) is 7.23. The van der Waals surface area contributed by atoms with Crippen LogP contribution in [0, 0.1) is 6.92 Å². The molecule has 0 amide bonds. The number of hydrogen-bond donors (Lipinski definition) is 2. The van der Waals surface area contributed by atoms with Crippen molar-refractivity contribution < 1.29 is 0 Å². The van der Waals surface area contributed by atoms with E-state index in [0.29, 0.717) is 0 Å². The van der Waals surface area contributed by atoms with Crippen LogP contribution in [0.15, 0.2) is 51.7 Å². The van der Waals surface area contributed by atoms with E-state index >= 15 is 0 Å². The van der Waals surface area contributed by atoms with Crippen molar-refractivity contribution in [3.8, 4) is 0 Å². The Hall–Kier alpha value is -1.76. The molecule has 1 unspecified atom stereocenters. The Kier molecular flexibility index (Phi) is 4.83. The van der Waals surface area contributed by atoms with Crippen molar-refractivity contribution in [2.75, 3.05) is 17.2 Å². The highest BCUT2D eigenvalue weighted by Gasteiger charge is 2.22. The monoisotopic (exact) mass is 388 g/mol. The van der Waals surface area contributed by atoms with E-state index < -0.39 is 0 Å². The topological polar surface area (TPSA) is 49.8 Å². The van der Waals surface area contributed by atoms with Gasteiger partial charge in [-0.2, -0.15) is 0 Å². The molecular formula is C18H17ClN4S2. The van der Waals surface area contributed by atoms with Crippen molar-refractivity contribution in [2.45, 2.75) is 28.5 Å². The average Bonchev–Trinajstić information content (AvgIpc) is 3.02. The molecule has 1 aliphatic rings. The second-order valence-electron chi connectivity index (χ2n) is 5.81. The third-order valence-corrected chi connectivity index (χ3v) is 6.32. The zero-order chi connectivity index (χ0) is 17.2. The van der Waals surface area contributed by atoms with Crippen LogP contribution in [-0.4, -0.2) is 16.5 Å². The molecule has 0 radical (unpaired) electrons.